The normalized spacial score (nSPS) is 14.0. The first-order valence-electron chi connectivity index (χ1n) is 9.59. The molecule has 0 radical (unpaired) electrons. The van der Waals surface area contributed by atoms with Crippen molar-refractivity contribution in [1.82, 2.24) is 19.9 Å². The van der Waals surface area contributed by atoms with Gasteiger partial charge >= 0.3 is 0 Å². The highest BCUT2D eigenvalue weighted by Gasteiger charge is 2.21. The van der Waals surface area contributed by atoms with Crippen LogP contribution in [0.1, 0.15) is 23.0 Å². The molecule has 2 aromatic heterocycles. The fourth-order valence-electron chi connectivity index (χ4n) is 3.28. The zero-order chi connectivity index (χ0) is 20.2. The zero-order valence-electron chi connectivity index (χ0n) is 16.5. The van der Waals surface area contributed by atoms with Gasteiger partial charge in [0.05, 0.1) is 0 Å². The van der Waals surface area contributed by atoms with Gasteiger partial charge in [-0.3, -0.25) is 4.79 Å². The lowest BCUT2D eigenvalue weighted by Gasteiger charge is -2.34. The summed E-state index contributed by atoms with van der Waals surface area (Å²) in [5.74, 6) is 2.20. The van der Waals surface area contributed by atoms with Crippen molar-refractivity contribution in [1.29, 1.82) is 0 Å². The maximum Gasteiger partial charge on any atom is 0.227 e. The highest BCUT2D eigenvalue weighted by molar-refractivity contribution is 5.95. The average Bonchev–Trinajstić information content (AvgIpc) is 2.74. The van der Waals surface area contributed by atoms with E-state index in [1.807, 2.05) is 37.3 Å². The van der Waals surface area contributed by atoms with Gasteiger partial charge in [-0.25, -0.2) is 15.0 Å². The Labute approximate surface area is 169 Å². The highest BCUT2D eigenvalue weighted by atomic mass is 16.1. The topological polar surface area (TPSA) is 87.1 Å². The molecule has 1 aliphatic heterocycles. The molecule has 3 heterocycles. The van der Waals surface area contributed by atoms with Gasteiger partial charge in [0.2, 0.25) is 11.9 Å². The van der Waals surface area contributed by atoms with Crippen molar-refractivity contribution < 1.29 is 4.79 Å². The maximum absolute atomic E-state index is 11.6. The quantitative estimate of drug-likeness (QED) is 0.667. The number of hydrogen-bond acceptors (Lipinski definition) is 8. The minimum Gasteiger partial charge on any atom is -0.340 e. The number of carbonyl (C=O) groups is 1. The molecule has 1 aliphatic rings. The molecule has 1 N–H and O–H groups in total. The number of nitrogens with one attached hydrogen (secondary N) is 1. The Kier molecular flexibility index (Phi) is 5.33. The van der Waals surface area contributed by atoms with E-state index in [0.717, 1.165) is 43.5 Å². The van der Waals surface area contributed by atoms with Gasteiger partial charge in [-0.15, -0.1) is 0 Å². The number of anilines is 4. The summed E-state index contributed by atoms with van der Waals surface area (Å²) < 4.78 is 0. The van der Waals surface area contributed by atoms with E-state index in [0.29, 0.717) is 17.3 Å². The lowest BCUT2D eigenvalue weighted by atomic mass is 10.1. The Bertz CT molecular complexity index is 1000. The van der Waals surface area contributed by atoms with E-state index in [-0.39, 0.29) is 5.78 Å². The Hall–Kier alpha value is -3.55. The molecule has 3 aromatic rings. The summed E-state index contributed by atoms with van der Waals surface area (Å²) in [7, 11) is 0. The molecule has 0 amide bonds. The van der Waals surface area contributed by atoms with Crippen LogP contribution in [-0.4, -0.2) is 51.9 Å². The number of aromatic nitrogens is 4. The predicted octanol–water partition coefficient (Wildman–Crippen LogP) is 2.85. The first-order valence-corrected chi connectivity index (χ1v) is 9.59. The van der Waals surface area contributed by atoms with Gasteiger partial charge in [0, 0.05) is 61.6 Å². The number of Topliss-reactive ketones (excluding diaryl/α,β-unsaturated/α-hetero) is 1. The number of nitrogens with zero attached hydrogens (tertiary/aromatic N) is 6. The van der Waals surface area contributed by atoms with E-state index in [2.05, 4.69) is 30.1 Å². The van der Waals surface area contributed by atoms with Crippen molar-refractivity contribution in [3.63, 3.8) is 0 Å². The molecule has 0 spiro atoms. The van der Waals surface area contributed by atoms with Crippen molar-refractivity contribution >= 4 is 29.2 Å². The van der Waals surface area contributed by atoms with Crippen molar-refractivity contribution in [2.45, 2.75) is 13.8 Å². The Morgan fingerprint density at radius 3 is 2.31 bits per heavy atom. The molecule has 0 bridgehead atoms. The van der Waals surface area contributed by atoms with Crippen molar-refractivity contribution in [3.05, 3.63) is 60.0 Å². The molecule has 0 unspecified atom stereocenters. The number of carbonyl (C=O) groups excluding carboxylic acids is 1. The van der Waals surface area contributed by atoms with Gasteiger partial charge in [0.25, 0.3) is 0 Å². The molecule has 4 rings (SSSR count). The molecule has 0 saturated carbocycles. The van der Waals surface area contributed by atoms with Crippen LogP contribution in [0.25, 0.3) is 0 Å². The SMILES string of the molecule is CC(=O)c1cccc(Nc2cc(C)nc(N3CCN(c4ncccn4)CC3)n2)c1. The third kappa shape index (κ3) is 4.48. The van der Waals surface area contributed by atoms with Crippen molar-refractivity contribution in [2.24, 2.45) is 0 Å². The molecular formula is C21H23N7O. The molecule has 8 nitrogen and oxygen atoms in total. The summed E-state index contributed by atoms with van der Waals surface area (Å²) in [6.45, 7) is 6.72. The maximum atomic E-state index is 11.6. The lowest BCUT2D eigenvalue weighted by molar-refractivity contribution is 0.101. The van der Waals surface area contributed by atoms with E-state index >= 15 is 0 Å². The fourth-order valence-corrected chi connectivity index (χ4v) is 3.28. The first-order chi connectivity index (χ1) is 14.1. The number of aryl methyl sites for hydroxylation is 1. The zero-order valence-corrected chi connectivity index (χ0v) is 16.5. The van der Waals surface area contributed by atoms with Gasteiger partial charge in [-0.2, -0.15) is 4.98 Å². The van der Waals surface area contributed by atoms with Gasteiger partial charge in [0.15, 0.2) is 5.78 Å². The summed E-state index contributed by atoms with van der Waals surface area (Å²) >= 11 is 0. The van der Waals surface area contributed by atoms with E-state index in [4.69, 9.17) is 4.98 Å². The van der Waals surface area contributed by atoms with E-state index in [1.54, 1.807) is 25.4 Å². The van der Waals surface area contributed by atoms with Crippen LogP contribution in [0, 0.1) is 6.92 Å². The summed E-state index contributed by atoms with van der Waals surface area (Å²) in [4.78, 5) is 33.9. The van der Waals surface area contributed by atoms with Crippen LogP contribution >= 0.6 is 0 Å². The minimum absolute atomic E-state index is 0.0356. The van der Waals surface area contributed by atoms with Crippen molar-refractivity contribution in [3.8, 4) is 0 Å². The number of benzene rings is 1. The predicted molar refractivity (Wildman–Crippen MR) is 113 cm³/mol. The molecule has 1 aromatic carbocycles. The molecule has 29 heavy (non-hydrogen) atoms. The van der Waals surface area contributed by atoms with Crippen LogP contribution in [0.4, 0.5) is 23.4 Å². The fraction of sp³-hybridized carbons (Fsp3) is 0.286. The standard InChI is InChI=1S/C21H23N7O/c1-15-13-19(25-18-6-3-5-17(14-18)16(2)29)26-21(24-15)28-11-9-27(10-12-28)20-22-7-4-8-23-20/h3-8,13-14H,9-12H2,1-2H3,(H,24,25,26). The summed E-state index contributed by atoms with van der Waals surface area (Å²) in [5, 5.41) is 3.29. The number of ketones is 1. The molecule has 1 fully saturated rings. The van der Waals surface area contributed by atoms with E-state index in [9.17, 15) is 4.79 Å². The summed E-state index contributed by atoms with van der Waals surface area (Å²) in [6.07, 6.45) is 3.52. The van der Waals surface area contributed by atoms with Crippen LogP contribution in [0.15, 0.2) is 48.8 Å². The Morgan fingerprint density at radius 2 is 1.62 bits per heavy atom. The smallest absolute Gasteiger partial charge is 0.227 e. The number of rotatable bonds is 5. The van der Waals surface area contributed by atoms with E-state index in [1.165, 1.54) is 0 Å². The summed E-state index contributed by atoms with van der Waals surface area (Å²) in [5.41, 5.74) is 2.38. The largest absolute Gasteiger partial charge is 0.340 e. The second kappa shape index (κ2) is 8.22. The van der Waals surface area contributed by atoms with Crippen LogP contribution in [0.3, 0.4) is 0 Å². The monoisotopic (exact) mass is 389 g/mol. The number of piperazine rings is 1. The van der Waals surface area contributed by atoms with Crippen LogP contribution < -0.4 is 15.1 Å². The third-order valence-electron chi connectivity index (χ3n) is 4.78. The van der Waals surface area contributed by atoms with E-state index < -0.39 is 0 Å². The van der Waals surface area contributed by atoms with Gasteiger partial charge in [-0.05, 0) is 32.0 Å². The highest BCUT2D eigenvalue weighted by Crippen LogP contribution is 2.21. The first kappa shape index (κ1) is 18.8. The van der Waals surface area contributed by atoms with Gasteiger partial charge in [-0.1, -0.05) is 12.1 Å². The van der Waals surface area contributed by atoms with Gasteiger partial charge < -0.3 is 15.1 Å². The molecule has 0 atom stereocenters. The molecular weight excluding hydrogens is 366 g/mol. The summed E-state index contributed by atoms with van der Waals surface area (Å²) in [6, 6.07) is 11.1. The third-order valence-corrected chi connectivity index (χ3v) is 4.78. The average molecular weight is 389 g/mol. The Balaban J connectivity index is 1.48. The molecule has 0 aliphatic carbocycles. The Morgan fingerprint density at radius 1 is 0.931 bits per heavy atom. The van der Waals surface area contributed by atoms with Crippen LogP contribution in [0.2, 0.25) is 0 Å². The van der Waals surface area contributed by atoms with Crippen molar-refractivity contribution in [2.75, 3.05) is 41.3 Å². The molecule has 1 saturated heterocycles. The second-order valence-corrected chi connectivity index (χ2v) is 6.98. The van der Waals surface area contributed by atoms with Crippen LogP contribution in [-0.2, 0) is 0 Å². The second-order valence-electron chi connectivity index (χ2n) is 6.98. The van der Waals surface area contributed by atoms with Crippen LogP contribution in [0.5, 0.6) is 0 Å². The number of hydrogen-bond donors (Lipinski definition) is 1. The minimum atomic E-state index is 0.0356. The molecule has 148 valence electrons. The van der Waals surface area contributed by atoms with Gasteiger partial charge in [0.1, 0.15) is 5.82 Å². The molecule has 8 heteroatoms. The lowest BCUT2D eigenvalue weighted by Crippen LogP contribution is -2.47.